The SMILES string of the molecule is CN1CCN(C(=O)/C=C/c2ccc(C(=O)Cc3ccccc3)cc2)CC1. The van der Waals surface area contributed by atoms with Crippen LogP contribution in [0.1, 0.15) is 21.5 Å². The van der Waals surface area contributed by atoms with Crippen LogP contribution in [0.3, 0.4) is 0 Å². The van der Waals surface area contributed by atoms with Crippen LogP contribution in [0.15, 0.2) is 60.7 Å². The lowest BCUT2D eigenvalue weighted by molar-refractivity contribution is -0.127. The monoisotopic (exact) mass is 348 g/mol. The van der Waals surface area contributed by atoms with Crippen LogP contribution < -0.4 is 0 Å². The van der Waals surface area contributed by atoms with Crippen LogP contribution in [-0.4, -0.2) is 54.7 Å². The maximum atomic E-state index is 12.3. The Balaban J connectivity index is 1.57. The van der Waals surface area contributed by atoms with Gasteiger partial charge in [-0.15, -0.1) is 0 Å². The second-order valence-electron chi connectivity index (χ2n) is 6.67. The molecular formula is C22H24N2O2. The molecule has 4 heteroatoms. The highest BCUT2D eigenvalue weighted by Crippen LogP contribution is 2.11. The predicted molar refractivity (Wildman–Crippen MR) is 104 cm³/mol. The number of benzene rings is 2. The van der Waals surface area contributed by atoms with Crippen molar-refractivity contribution in [3.63, 3.8) is 0 Å². The molecule has 26 heavy (non-hydrogen) atoms. The third-order valence-corrected chi connectivity index (χ3v) is 4.67. The Labute approximate surface area is 154 Å². The summed E-state index contributed by atoms with van der Waals surface area (Å²) in [5, 5.41) is 0. The largest absolute Gasteiger partial charge is 0.337 e. The highest BCUT2D eigenvalue weighted by Gasteiger charge is 2.16. The molecule has 1 heterocycles. The molecule has 0 radical (unpaired) electrons. The molecule has 0 bridgehead atoms. The number of hydrogen-bond donors (Lipinski definition) is 0. The molecule has 2 aromatic rings. The average molecular weight is 348 g/mol. The van der Waals surface area contributed by atoms with Crippen molar-refractivity contribution in [2.45, 2.75) is 6.42 Å². The molecule has 1 saturated heterocycles. The summed E-state index contributed by atoms with van der Waals surface area (Å²) < 4.78 is 0. The van der Waals surface area contributed by atoms with Crippen molar-refractivity contribution >= 4 is 17.8 Å². The zero-order chi connectivity index (χ0) is 18.4. The fraction of sp³-hybridized carbons (Fsp3) is 0.273. The summed E-state index contributed by atoms with van der Waals surface area (Å²) in [5.74, 6) is 0.141. The molecule has 1 aliphatic heterocycles. The average Bonchev–Trinajstić information content (AvgIpc) is 2.68. The molecule has 0 N–H and O–H groups in total. The van der Waals surface area contributed by atoms with Crippen molar-refractivity contribution < 1.29 is 9.59 Å². The molecule has 0 unspecified atom stereocenters. The number of likely N-dealkylation sites (N-methyl/N-ethyl adjacent to an activating group) is 1. The van der Waals surface area contributed by atoms with Crippen LogP contribution in [0, 0.1) is 0 Å². The minimum absolute atomic E-state index is 0.0438. The van der Waals surface area contributed by atoms with Crippen molar-refractivity contribution in [2.75, 3.05) is 33.2 Å². The summed E-state index contributed by atoms with van der Waals surface area (Å²) in [4.78, 5) is 28.7. The first-order valence-corrected chi connectivity index (χ1v) is 8.94. The van der Waals surface area contributed by atoms with Crippen LogP contribution in [0.5, 0.6) is 0 Å². The summed E-state index contributed by atoms with van der Waals surface area (Å²) in [7, 11) is 2.07. The molecule has 134 valence electrons. The van der Waals surface area contributed by atoms with E-state index in [-0.39, 0.29) is 11.7 Å². The van der Waals surface area contributed by atoms with E-state index in [0.717, 1.165) is 37.3 Å². The van der Waals surface area contributed by atoms with Gasteiger partial charge in [-0.3, -0.25) is 9.59 Å². The molecule has 0 saturated carbocycles. The number of hydrogen-bond acceptors (Lipinski definition) is 3. The highest BCUT2D eigenvalue weighted by molar-refractivity contribution is 5.98. The van der Waals surface area contributed by atoms with Crippen LogP contribution >= 0.6 is 0 Å². The van der Waals surface area contributed by atoms with E-state index in [0.29, 0.717) is 12.0 Å². The van der Waals surface area contributed by atoms with Crippen molar-refractivity contribution in [1.29, 1.82) is 0 Å². The normalized spacial score (nSPS) is 15.3. The van der Waals surface area contributed by atoms with Crippen molar-refractivity contribution in [2.24, 2.45) is 0 Å². The first-order chi connectivity index (χ1) is 12.6. The van der Waals surface area contributed by atoms with E-state index in [2.05, 4.69) is 11.9 Å². The van der Waals surface area contributed by atoms with Gasteiger partial charge in [0.05, 0.1) is 0 Å². The number of nitrogens with zero attached hydrogens (tertiary/aromatic N) is 2. The Morgan fingerprint density at radius 3 is 2.23 bits per heavy atom. The molecule has 0 atom stereocenters. The van der Waals surface area contributed by atoms with Gasteiger partial charge < -0.3 is 9.80 Å². The minimum atomic E-state index is 0.0438. The lowest BCUT2D eigenvalue weighted by Crippen LogP contribution is -2.46. The first kappa shape index (κ1) is 18.1. The third-order valence-electron chi connectivity index (χ3n) is 4.67. The van der Waals surface area contributed by atoms with Crippen molar-refractivity contribution in [3.8, 4) is 0 Å². The molecule has 1 amide bonds. The standard InChI is InChI=1S/C22H24N2O2/c1-23-13-15-24(16-14-23)22(26)12-9-18-7-10-20(11-8-18)21(25)17-19-5-3-2-4-6-19/h2-12H,13-17H2,1H3/b12-9+. The quantitative estimate of drug-likeness (QED) is 0.616. The molecule has 1 aliphatic rings. The predicted octanol–water partition coefficient (Wildman–Crippen LogP) is 2.90. The molecule has 3 rings (SSSR count). The van der Waals surface area contributed by atoms with E-state index in [4.69, 9.17) is 0 Å². The summed E-state index contributed by atoms with van der Waals surface area (Å²) in [6, 6.07) is 17.1. The van der Waals surface area contributed by atoms with E-state index < -0.39 is 0 Å². The van der Waals surface area contributed by atoms with E-state index in [1.165, 1.54) is 0 Å². The van der Waals surface area contributed by atoms with Gasteiger partial charge >= 0.3 is 0 Å². The zero-order valence-corrected chi connectivity index (χ0v) is 15.1. The number of carbonyl (C=O) groups is 2. The molecule has 0 spiro atoms. The van der Waals surface area contributed by atoms with Gasteiger partial charge in [-0.1, -0.05) is 54.6 Å². The Morgan fingerprint density at radius 1 is 0.923 bits per heavy atom. The van der Waals surface area contributed by atoms with Gasteiger partial charge in [-0.2, -0.15) is 0 Å². The smallest absolute Gasteiger partial charge is 0.246 e. The Hall–Kier alpha value is -2.72. The van der Waals surface area contributed by atoms with E-state index in [1.54, 1.807) is 6.08 Å². The van der Waals surface area contributed by atoms with Crippen molar-refractivity contribution in [1.82, 2.24) is 9.80 Å². The molecule has 0 aromatic heterocycles. The summed E-state index contributed by atoms with van der Waals surface area (Å²) in [5.41, 5.74) is 2.62. The van der Waals surface area contributed by atoms with Crippen LogP contribution in [-0.2, 0) is 11.2 Å². The number of amides is 1. The summed E-state index contributed by atoms with van der Waals surface area (Å²) >= 11 is 0. The molecule has 0 aliphatic carbocycles. The van der Waals surface area contributed by atoms with Gasteiger partial charge in [0.2, 0.25) is 5.91 Å². The number of piperazine rings is 1. The molecule has 2 aromatic carbocycles. The fourth-order valence-corrected chi connectivity index (χ4v) is 2.96. The Kier molecular flexibility index (Phi) is 5.97. The maximum Gasteiger partial charge on any atom is 0.246 e. The minimum Gasteiger partial charge on any atom is -0.337 e. The molecule has 4 nitrogen and oxygen atoms in total. The third kappa shape index (κ3) is 4.90. The number of rotatable bonds is 5. The molecular weight excluding hydrogens is 324 g/mol. The second-order valence-corrected chi connectivity index (χ2v) is 6.67. The number of ketones is 1. The van der Waals surface area contributed by atoms with Gasteiger partial charge in [-0.25, -0.2) is 0 Å². The van der Waals surface area contributed by atoms with E-state index in [9.17, 15) is 9.59 Å². The van der Waals surface area contributed by atoms with Gasteiger partial charge in [0.1, 0.15) is 0 Å². The lowest BCUT2D eigenvalue weighted by Gasteiger charge is -2.31. The Morgan fingerprint density at radius 2 is 1.58 bits per heavy atom. The van der Waals surface area contributed by atoms with Gasteiger partial charge in [0.25, 0.3) is 0 Å². The van der Waals surface area contributed by atoms with Gasteiger partial charge in [-0.05, 0) is 24.3 Å². The summed E-state index contributed by atoms with van der Waals surface area (Å²) in [6.45, 7) is 3.37. The van der Waals surface area contributed by atoms with Gasteiger partial charge in [0.15, 0.2) is 5.78 Å². The topological polar surface area (TPSA) is 40.6 Å². The lowest BCUT2D eigenvalue weighted by atomic mass is 10.0. The Bertz CT molecular complexity index is 774. The van der Waals surface area contributed by atoms with Crippen LogP contribution in [0.25, 0.3) is 6.08 Å². The zero-order valence-electron chi connectivity index (χ0n) is 15.1. The summed E-state index contributed by atoms with van der Waals surface area (Å²) in [6.07, 6.45) is 3.83. The first-order valence-electron chi connectivity index (χ1n) is 8.94. The number of carbonyl (C=O) groups excluding carboxylic acids is 2. The van der Waals surface area contributed by atoms with Crippen LogP contribution in [0.2, 0.25) is 0 Å². The molecule has 1 fully saturated rings. The maximum absolute atomic E-state index is 12.3. The van der Waals surface area contributed by atoms with Gasteiger partial charge in [0, 0.05) is 44.2 Å². The van der Waals surface area contributed by atoms with E-state index in [1.807, 2.05) is 65.6 Å². The fourth-order valence-electron chi connectivity index (χ4n) is 2.96. The second kappa shape index (κ2) is 8.59. The highest BCUT2D eigenvalue weighted by atomic mass is 16.2. The van der Waals surface area contributed by atoms with Crippen molar-refractivity contribution in [3.05, 3.63) is 77.4 Å². The van der Waals surface area contributed by atoms with Crippen LogP contribution in [0.4, 0.5) is 0 Å². The van der Waals surface area contributed by atoms with E-state index >= 15 is 0 Å². The number of Topliss-reactive ketones (excluding diaryl/α,β-unsaturated/α-hetero) is 1.